The topological polar surface area (TPSA) is 20.2 Å². The van der Waals surface area contributed by atoms with Crippen molar-refractivity contribution in [2.75, 3.05) is 0 Å². The van der Waals surface area contributed by atoms with Gasteiger partial charge in [0.1, 0.15) is 0 Å². The largest absolute Gasteiger partial charge is 0.385 e. The normalized spacial score (nSPS) is 20.6. The molecule has 76 valence electrons. The number of hydrogen-bond donors (Lipinski definition) is 1. The van der Waals surface area contributed by atoms with Crippen LogP contribution in [0.5, 0.6) is 0 Å². The molecule has 0 spiro atoms. The van der Waals surface area contributed by atoms with E-state index in [-0.39, 0.29) is 0 Å². The summed E-state index contributed by atoms with van der Waals surface area (Å²) < 4.78 is 0. The minimum absolute atomic E-state index is 0.476. The maximum atomic E-state index is 10.3. The second-order valence-corrected chi connectivity index (χ2v) is 4.72. The Morgan fingerprint density at radius 1 is 1.21 bits per heavy atom. The van der Waals surface area contributed by atoms with E-state index in [1.807, 2.05) is 6.92 Å². The minimum atomic E-state index is -0.613. The zero-order valence-electron chi connectivity index (χ0n) is 9.17. The van der Waals surface area contributed by atoms with E-state index in [1.165, 1.54) is 24.0 Å². The van der Waals surface area contributed by atoms with Crippen molar-refractivity contribution in [1.29, 1.82) is 0 Å². The maximum Gasteiger partial charge on any atom is 0.0896 e. The molecular formula is C13H18O. The zero-order valence-corrected chi connectivity index (χ0v) is 9.17. The molecule has 1 aliphatic carbocycles. The number of rotatable bonds is 2. The molecule has 0 saturated heterocycles. The van der Waals surface area contributed by atoms with Crippen LogP contribution >= 0.6 is 0 Å². The SMILES string of the molecule is Cc1ccc([C@](C)(O)C2CC2)cc1C. The molecule has 0 aliphatic heterocycles. The molecule has 1 atom stereocenters. The molecule has 1 aliphatic rings. The number of hydrogen-bond acceptors (Lipinski definition) is 1. The van der Waals surface area contributed by atoms with Crippen molar-refractivity contribution in [3.05, 3.63) is 34.9 Å². The summed E-state index contributed by atoms with van der Waals surface area (Å²) in [4.78, 5) is 0. The summed E-state index contributed by atoms with van der Waals surface area (Å²) in [6.45, 7) is 6.14. The average molecular weight is 190 g/mol. The Bertz CT molecular complexity index is 348. The highest BCUT2D eigenvalue weighted by molar-refractivity contribution is 5.33. The van der Waals surface area contributed by atoms with Gasteiger partial charge >= 0.3 is 0 Å². The minimum Gasteiger partial charge on any atom is -0.385 e. The predicted octanol–water partition coefficient (Wildman–Crippen LogP) is 2.92. The third-order valence-corrected chi connectivity index (χ3v) is 3.46. The van der Waals surface area contributed by atoms with Crippen molar-refractivity contribution in [1.82, 2.24) is 0 Å². The van der Waals surface area contributed by atoms with Crippen molar-refractivity contribution >= 4 is 0 Å². The number of benzene rings is 1. The Kier molecular flexibility index (Phi) is 2.15. The lowest BCUT2D eigenvalue weighted by molar-refractivity contribution is 0.0330. The van der Waals surface area contributed by atoms with Gasteiger partial charge in [0.2, 0.25) is 0 Å². The Labute approximate surface area is 85.8 Å². The van der Waals surface area contributed by atoms with Crippen LogP contribution in [0.2, 0.25) is 0 Å². The Hall–Kier alpha value is -0.820. The van der Waals surface area contributed by atoms with Crippen LogP contribution in [0, 0.1) is 19.8 Å². The summed E-state index contributed by atoms with van der Waals surface area (Å²) in [6.07, 6.45) is 2.33. The molecule has 14 heavy (non-hydrogen) atoms. The first-order valence-corrected chi connectivity index (χ1v) is 5.32. The van der Waals surface area contributed by atoms with Crippen LogP contribution in [0.25, 0.3) is 0 Å². The monoisotopic (exact) mass is 190 g/mol. The van der Waals surface area contributed by atoms with Gasteiger partial charge < -0.3 is 5.11 Å². The van der Waals surface area contributed by atoms with Gasteiger partial charge in [0.25, 0.3) is 0 Å². The molecule has 1 aromatic rings. The van der Waals surface area contributed by atoms with E-state index in [2.05, 4.69) is 32.0 Å². The first-order chi connectivity index (χ1) is 6.51. The van der Waals surface area contributed by atoms with E-state index in [1.54, 1.807) is 0 Å². The molecule has 1 heteroatoms. The summed E-state index contributed by atoms with van der Waals surface area (Å²) in [5.41, 5.74) is 3.02. The molecule has 0 amide bonds. The second kappa shape index (κ2) is 3.09. The lowest BCUT2D eigenvalue weighted by atomic mass is 9.89. The smallest absolute Gasteiger partial charge is 0.0896 e. The van der Waals surface area contributed by atoms with E-state index in [4.69, 9.17) is 0 Å². The molecule has 1 nitrogen and oxygen atoms in total. The molecule has 1 aromatic carbocycles. The van der Waals surface area contributed by atoms with Gasteiger partial charge in [0.15, 0.2) is 0 Å². The molecule has 1 N–H and O–H groups in total. The van der Waals surface area contributed by atoms with Gasteiger partial charge in [-0.3, -0.25) is 0 Å². The highest BCUT2D eigenvalue weighted by Gasteiger charge is 2.41. The van der Waals surface area contributed by atoms with Gasteiger partial charge in [-0.25, -0.2) is 0 Å². The fourth-order valence-corrected chi connectivity index (χ4v) is 1.94. The summed E-state index contributed by atoms with van der Waals surface area (Å²) >= 11 is 0. The highest BCUT2D eigenvalue weighted by atomic mass is 16.3. The van der Waals surface area contributed by atoms with Crippen molar-refractivity contribution < 1.29 is 5.11 Å². The lowest BCUT2D eigenvalue weighted by Crippen LogP contribution is -2.23. The number of aliphatic hydroxyl groups is 1. The summed E-state index contributed by atoms with van der Waals surface area (Å²) in [7, 11) is 0. The van der Waals surface area contributed by atoms with Gasteiger partial charge in [0.05, 0.1) is 5.60 Å². The molecule has 0 aromatic heterocycles. The Balaban J connectivity index is 2.36. The van der Waals surface area contributed by atoms with Crippen LogP contribution in [0.15, 0.2) is 18.2 Å². The van der Waals surface area contributed by atoms with Crippen molar-refractivity contribution in [2.45, 2.75) is 39.2 Å². The van der Waals surface area contributed by atoms with E-state index < -0.39 is 5.60 Å². The highest BCUT2D eigenvalue weighted by Crippen LogP contribution is 2.45. The van der Waals surface area contributed by atoms with Crippen molar-refractivity contribution in [3.63, 3.8) is 0 Å². The van der Waals surface area contributed by atoms with Crippen LogP contribution in [0.3, 0.4) is 0 Å². The van der Waals surface area contributed by atoms with Crippen molar-refractivity contribution in [3.8, 4) is 0 Å². The van der Waals surface area contributed by atoms with E-state index in [0.29, 0.717) is 5.92 Å². The summed E-state index contributed by atoms with van der Waals surface area (Å²) in [5, 5.41) is 10.3. The third kappa shape index (κ3) is 1.57. The fourth-order valence-electron chi connectivity index (χ4n) is 1.94. The molecular weight excluding hydrogens is 172 g/mol. The first kappa shape index (κ1) is 9.72. The van der Waals surface area contributed by atoms with E-state index in [9.17, 15) is 5.11 Å². The lowest BCUT2D eigenvalue weighted by Gasteiger charge is -2.24. The standard InChI is InChI=1S/C13H18O/c1-9-4-5-12(8-10(9)2)13(3,14)11-6-7-11/h4-5,8,11,14H,6-7H2,1-3H3/t13-/m1/s1. The predicted molar refractivity (Wildman–Crippen MR) is 58.2 cm³/mol. The second-order valence-electron chi connectivity index (χ2n) is 4.72. The third-order valence-electron chi connectivity index (χ3n) is 3.46. The average Bonchev–Trinajstić information content (AvgIpc) is 2.92. The molecule has 0 radical (unpaired) electrons. The van der Waals surface area contributed by atoms with Gasteiger partial charge in [-0.15, -0.1) is 0 Å². The van der Waals surface area contributed by atoms with Crippen LogP contribution in [0.1, 0.15) is 36.5 Å². The van der Waals surface area contributed by atoms with Gasteiger partial charge in [-0.05, 0) is 56.2 Å². The quantitative estimate of drug-likeness (QED) is 0.760. The summed E-state index contributed by atoms with van der Waals surface area (Å²) in [6, 6.07) is 6.27. The van der Waals surface area contributed by atoms with Crippen LogP contribution in [-0.4, -0.2) is 5.11 Å². The van der Waals surface area contributed by atoms with Crippen molar-refractivity contribution in [2.24, 2.45) is 5.92 Å². The molecule has 1 saturated carbocycles. The van der Waals surface area contributed by atoms with Crippen LogP contribution in [-0.2, 0) is 5.60 Å². The fraction of sp³-hybridized carbons (Fsp3) is 0.538. The van der Waals surface area contributed by atoms with Gasteiger partial charge in [0, 0.05) is 0 Å². The molecule has 1 fully saturated rings. The zero-order chi connectivity index (χ0) is 10.3. The first-order valence-electron chi connectivity index (χ1n) is 5.32. The van der Waals surface area contributed by atoms with E-state index in [0.717, 1.165) is 5.56 Å². The van der Waals surface area contributed by atoms with Crippen LogP contribution in [0.4, 0.5) is 0 Å². The Morgan fingerprint density at radius 2 is 1.86 bits per heavy atom. The van der Waals surface area contributed by atoms with E-state index >= 15 is 0 Å². The molecule has 2 rings (SSSR count). The van der Waals surface area contributed by atoms with Gasteiger partial charge in [-0.1, -0.05) is 18.2 Å². The molecule has 0 bridgehead atoms. The Morgan fingerprint density at radius 3 is 2.36 bits per heavy atom. The molecule has 0 heterocycles. The number of aryl methyl sites for hydroxylation is 2. The molecule has 0 unspecified atom stereocenters. The van der Waals surface area contributed by atoms with Crippen LogP contribution < -0.4 is 0 Å². The van der Waals surface area contributed by atoms with Gasteiger partial charge in [-0.2, -0.15) is 0 Å². The summed E-state index contributed by atoms with van der Waals surface area (Å²) in [5.74, 6) is 0.476. The maximum absolute atomic E-state index is 10.3.